The number of esters is 1. The molecule has 0 N–H and O–H groups in total. The van der Waals surface area contributed by atoms with Gasteiger partial charge in [0.25, 0.3) is 0 Å². The molecule has 134 valence electrons. The molecule has 0 bridgehead atoms. The Bertz CT molecular complexity index is 574. The van der Waals surface area contributed by atoms with Gasteiger partial charge in [0.05, 0.1) is 0 Å². The number of para-hydroxylation sites is 1. The first-order chi connectivity index (χ1) is 11.1. The van der Waals surface area contributed by atoms with Gasteiger partial charge < -0.3 is 9.16 Å². The van der Waals surface area contributed by atoms with Crippen LogP contribution in [-0.2, 0) is 9.53 Å². The maximum absolute atomic E-state index is 11.5. The number of hydrogen-bond acceptors (Lipinski definition) is 3. The Hall–Kier alpha value is -1.29. The summed E-state index contributed by atoms with van der Waals surface area (Å²) < 4.78 is 12.2. The molecule has 1 saturated carbocycles. The normalized spacial score (nSPS) is 22.1. The predicted octanol–water partition coefficient (Wildman–Crippen LogP) is 5.66. The highest BCUT2D eigenvalue weighted by atomic mass is 28.4. The van der Waals surface area contributed by atoms with Gasteiger partial charge in [-0.15, -0.1) is 0 Å². The number of carbonyl (C=O) groups excluding carboxylic acids is 1. The first-order valence-electron chi connectivity index (χ1n) is 9.07. The molecule has 0 saturated heterocycles. The molecule has 1 aromatic rings. The van der Waals surface area contributed by atoms with Crippen LogP contribution < -0.4 is 4.43 Å². The van der Waals surface area contributed by atoms with E-state index in [1.165, 1.54) is 18.9 Å². The molecule has 2 rings (SSSR count). The highest BCUT2D eigenvalue weighted by Crippen LogP contribution is 2.43. The van der Waals surface area contributed by atoms with E-state index in [1.807, 2.05) is 6.07 Å². The van der Waals surface area contributed by atoms with E-state index in [1.54, 1.807) is 0 Å². The predicted molar refractivity (Wildman–Crippen MR) is 101 cm³/mol. The molecular weight excluding hydrogens is 316 g/mol. The van der Waals surface area contributed by atoms with Crippen molar-refractivity contribution in [3.63, 3.8) is 0 Å². The van der Waals surface area contributed by atoms with E-state index in [9.17, 15) is 4.79 Å². The van der Waals surface area contributed by atoms with Crippen LogP contribution in [0, 0.1) is 0 Å². The number of rotatable bonds is 4. The molecule has 0 spiro atoms. The molecule has 1 aliphatic carbocycles. The molecule has 0 heterocycles. The summed E-state index contributed by atoms with van der Waals surface area (Å²) in [5.74, 6) is 1.03. The Morgan fingerprint density at radius 2 is 1.75 bits per heavy atom. The minimum atomic E-state index is -1.90. The SMILES string of the molecule is CC(=O)O[C@@H]1CCCC[C@H]1c1ccccc1O[Si](C)(C)C(C)(C)C. The van der Waals surface area contributed by atoms with Gasteiger partial charge in [0, 0.05) is 12.8 Å². The summed E-state index contributed by atoms with van der Waals surface area (Å²) in [5, 5.41) is 0.155. The molecule has 0 unspecified atom stereocenters. The summed E-state index contributed by atoms with van der Waals surface area (Å²) in [7, 11) is -1.90. The van der Waals surface area contributed by atoms with Gasteiger partial charge in [0.1, 0.15) is 11.9 Å². The average molecular weight is 349 g/mol. The smallest absolute Gasteiger partial charge is 0.302 e. The molecule has 3 nitrogen and oxygen atoms in total. The van der Waals surface area contributed by atoms with Gasteiger partial charge in [-0.05, 0) is 49.0 Å². The Morgan fingerprint density at radius 3 is 2.38 bits per heavy atom. The summed E-state index contributed by atoms with van der Waals surface area (Å²) in [6, 6.07) is 8.33. The maximum Gasteiger partial charge on any atom is 0.302 e. The lowest BCUT2D eigenvalue weighted by Crippen LogP contribution is -2.44. The van der Waals surface area contributed by atoms with Gasteiger partial charge in [-0.3, -0.25) is 4.79 Å². The second-order valence-electron chi connectivity index (χ2n) is 8.44. The third-order valence-corrected chi connectivity index (χ3v) is 9.85. The van der Waals surface area contributed by atoms with E-state index < -0.39 is 8.32 Å². The van der Waals surface area contributed by atoms with E-state index >= 15 is 0 Å². The van der Waals surface area contributed by atoms with Gasteiger partial charge in [-0.1, -0.05) is 45.4 Å². The lowest BCUT2D eigenvalue weighted by atomic mass is 9.81. The molecule has 24 heavy (non-hydrogen) atoms. The summed E-state index contributed by atoms with van der Waals surface area (Å²) in [6.45, 7) is 12.8. The Labute approximate surface area is 147 Å². The van der Waals surface area contributed by atoms with Crippen LogP contribution in [-0.4, -0.2) is 20.4 Å². The van der Waals surface area contributed by atoms with E-state index in [0.29, 0.717) is 0 Å². The molecule has 1 aromatic carbocycles. The van der Waals surface area contributed by atoms with Crippen molar-refractivity contribution in [2.75, 3.05) is 0 Å². The molecule has 4 heteroatoms. The fourth-order valence-electron chi connectivity index (χ4n) is 3.11. The molecule has 0 radical (unpaired) electrons. The van der Waals surface area contributed by atoms with Crippen LogP contribution in [0.2, 0.25) is 18.1 Å². The van der Waals surface area contributed by atoms with E-state index in [2.05, 4.69) is 52.1 Å². The van der Waals surface area contributed by atoms with E-state index in [-0.39, 0.29) is 23.0 Å². The number of hydrogen-bond donors (Lipinski definition) is 0. The van der Waals surface area contributed by atoms with Gasteiger partial charge in [-0.2, -0.15) is 0 Å². The van der Waals surface area contributed by atoms with Crippen molar-refractivity contribution in [2.24, 2.45) is 0 Å². The summed E-state index contributed by atoms with van der Waals surface area (Å²) in [4.78, 5) is 11.5. The summed E-state index contributed by atoms with van der Waals surface area (Å²) in [6.07, 6.45) is 4.27. The van der Waals surface area contributed by atoms with Crippen molar-refractivity contribution >= 4 is 14.3 Å². The summed E-state index contributed by atoms with van der Waals surface area (Å²) in [5.41, 5.74) is 1.20. The van der Waals surface area contributed by atoms with Crippen LogP contribution in [0.1, 0.15) is 64.9 Å². The van der Waals surface area contributed by atoms with Crippen LogP contribution in [0.4, 0.5) is 0 Å². The fourth-order valence-corrected chi connectivity index (χ4v) is 4.16. The zero-order valence-electron chi connectivity index (χ0n) is 16.0. The van der Waals surface area contributed by atoms with Gasteiger partial charge in [-0.25, -0.2) is 0 Å². The summed E-state index contributed by atoms with van der Waals surface area (Å²) >= 11 is 0. The lowest BCUT2D eigenvalue weighted by Gasteiger charge is -2.38. The molecule has 1 fully saturated rings. The van der Waals surface area contributed by atoms with Crippen LogP contribution >= 0.6 is 0 Å². The second-order valence-corrected chi connectivity index (χ2v) is 13.2. The highest BCUT2D eigenvalue weighted by molar-refractivity contribution is 6.74. The van der Waals surface area contributed by atoms with Crippen LogP contribution in [0.5, 0.6) is 5.75 Å². The molecule has 2 atom stereocenters. The largest absolute Gasteiger partial charge is 0.543 e. The van der Waals surface area contributed by atoms with Crippen molar-refractivity contribution in [1.29, 1.82) is 0 Å². The topological polar surface area (TPSA) is 35.5 Å². The van der Waals surface area contributed by atoms with E-state index in [0.717, 1.165) is 25.0 Å². The number of benzene rings is 1. The first kappa shape index (κ1) is 19.0. The van der Waals surface area contributed by atoms with Crippen LogP contribution in [0.15, 0.2) is 24.3 Å². The Kier molecular flexibility index (Phi) is 5.79. The molecular formula is C20H32O3Si. The molecule has 1 aliphatic rings. The quantitative estimate of drug-likeness (QED) is 0.520. The maximum atomic E-state index is 11.5. The highest BCUT2D eigenvalue weighted by Gasteiger charge is 2.40. The minimum absolute atomic E-state index is 0.0274. The van der Waals surface area contributed by atoms with Crippen molar-refractivity contribution in [1.82, 2.24) is 0 Å². The lowest BCUT2D eigenvalue weighted by molar-refractivity contribution is -0.148. The first-order valence-corrected chi connectivity index (χ1v) is 12.0. The van der Waals surface area contributed by atoms with Crippen molar-refractivity contribution in [3.05, 3.63) is 29.8 Å². The third kappa shape index (κ3) is 4.41. The molecule has 0 aliphatic heterocycles. The molecule has 0 aromatic heterocycles. The van der Waals surface area contributed by atoms with Crippen LogP contribution in [0.25, 0.3) is 0 Å². The third-order valence-electron chi connectivity index (χ3n) is 5.51. The molecule has 0 amide bonds. The average Bonchev–Trinajstić information content (AvgIpc) is 2.46. The standard InChI is InChI=1S/C20H32O3Si/c1-15(21)22-18-13-9-7-11-16(18)17-12-8-10-14-19(17)23-24(5,6)20(2,3)4/h8,10,12,14,16,18H,7,9,11,13H2,1-6H3/t16-,18+/m0/s1. The zero-order chi connectivity index (χ0) is 18.0. The van der Waals surface area contributed by atoms with Gasteiger partial charge in [0.15, 0.2) is 0 Å². The van der Waals surface area contributed by atoms with Gasteiger partial charge in [0.2, 0.25) is 8.32 Å². The van der Waals surface area contributed by atoms with E-state index in [4.69, 9.17) is 9.16 Å². The monoisotopic (exact) mass is 348 g/mol. The van der Waals surface area contributed by atoms with Crippen LogP contribution in [0.3, 0.4) is 0 Å². The van der Waals surface area contributed by atoms with Crippen molar-refractivity contribution < 1.29 is 14.0 Å². The zero-order valence-corrected chi connectivity index (χ0v) is 17.0. The number of carbonyl (C=O) groups is 1. The minimum Gasteiger partial charge on any atom is -0.543 e. The van der Waals surface area contributed by atoms with Gasteiger partial charge >= 0.3 is 5.97 Å². The fraction of sp³-hybridized carbons (Fsp3) is 0.650. The van der Waals surface area contributed by atoms with Crippen molar-refractivity contribution in [2.45, 2.75) is 83.5 Å². The Balaban J connectivity index is 2.32. The van der Waals surface area contributed by atoms with Crippen molar-refractivity contribution in [3.8, 4) is 5.75 Å². The second kappa shape index (κ2) is 7.30. The Morgan fingerprint density at radius 1 is 1.12 bits per heavy atom. The number of ether oxygens (including phenoxy) is 1.